The van der Waals surface area contributed by atoms with Crippen molar-refractivity contribution in [1.29, 1.82) is 0 Å². The van der Waals surface area contributed by atoms with Crippen LogP contribution in [0.4, 0.5) is 0 Å². The van der Waals surface area contributed by atoms with E-state index in [0.29, 0.717) is 13.0 Å². The molecule has 3 aromatic carbocycles. The van der Waals surface area contributed by atoms with Gasteiger partial charge in [0.25, 0.3) is 0 Å². The fraction of sp³-hybridized carbons (Fsp3) is 0.182. The van der Waals surface area contributed by atoms with Crippen molar-refractivity contribution in [3.63, 3.8) is 0 Å². The van der Waals surface area contributed by atoms with E-state index in [4.69, 9.17) is 5.73 Å². The Labute approximate surface area is 153 Å². The Balaban J connectivity index is 1.81. The van der Waals surface area contributed by atoms with Gasteiger partial charge in [0.1, 0.15) is 0 Å². The molecular weight excluding hydrogens is 322 g/mol. The molecule has 0 spiro atoms. The molecule has 0 heterocycles. The second-order valence-electron chi connectivity index (χ2n) is 6.27. The molecule has 0 aliphatic carbocycles. The zero-order valence-corrected chi connectivity index (χ0v) is 14.9. The van der Waals surface area contributed by atoms with E-state index in [9.17, 15) is 4.79 Å². The van der Waals surface area contributed by atoms with Crippen LogP contribution < -0.4 is 11.1 Å². The molecule has 4 heteroatoms. The Hall–Kier alpha value is -2.98. The van der Waals surface area contributed by atoms with Crippen molar-refractivity contribution in [2.45, 2.75) is 19.0 Å². The Morgan fingerprint density at radius 1 is 1.04 bits per heavy atom. The molecule has 0 bridgehead atoms. The Morgan fingerprint density at radius 3 is 2.42 bits per heavy atom. The first-order chi connectivity index (χ1) is 12.7. The summed E-state index contributed by atoms with van der Waals surface area (Å²) in [5.74, 6) is -0.340. The minimum absolute atomic E-state index is 0.340. The maximum Gasteiger partial charge on any atom is 0.234 e. The molecule has 1 amide bonds. The molecule has 0 aromatic heterocycles. The maximum absolute atomic E-state index is 11.9. The highest BCUT2D eigenvalue weighted by molar-refractivity contribution is 6.01. The van der Waals surface area contributed by atoms with Crippen molar-refractivity contribution < 1.29 is 4.79 Å². The van der Waals surface area contributed by atoms with Gasteiger partial charge in [-0.2, -0.15) is 0 Å². The van der Waals surface area contributed by atoms with E-state index in [1.807, 2.05) is 48.7 Å². The van der Waals surface area contributed by atoms with E-state index in [2.05, 4.69) is 34.6 Å². The van der Waals surface area contributed by atoms with Gasteiger partial charge in [-0.1, -0.05) is 66.7 Å². The van der Waals surface area contributed by atoms with Crippen LogP contribution in [0.25, 0.3) is 10.8 Å². The van der Waals surface area contributed by atoms with Gasteiger partial charge in [-0.15, -0.1) is 0 Å². The van der Waals surface area contributed by atoms with Gasteiger partial charge >= 0.3 is 0 Å². The molecule has 0 fully saturated rings. The molecule has 26 heavy (non-hydrogen) atoms. The first kappa shape index (κ1) is 17.8. The number of nitrogens with one attached hydrogen (secondary N) is 1. The Kier molecular flexibility index (Phi) is 5.77. The first-order valence-electron chi connectivity index (χ1n) is 8.68. The fourth-order valence-corrected chi connectivity index (χ4v) is 3.15. The molecule has 4 nitrogen and oxygen atoms in total. The van der Waals surface area contributed by atoms with Crippen LogP contribution in [-0.2, 0) is 17.8 Å². The number of primary amides is 1. The molecule has 132 valence electrons. The summed E-state index contributed by atoms with van der Waals surface area (Å²) in [6.45, 7) is 0.574. The van der Waals surface area contributed by atoms with Crippen molar-refractivity contribution in [1.82, 2.24) is 5.32 Å². The zero-order chi connectivity index (χ0) is 18.4. The number of rotatable bonds is 7. The summed E-state index contributed by atoms with van der Waals surface area (Å²) in [6, 6.07) is 21.9. The summed E-state index contributed by atoms with van der Waals surface area (Å²) in [5.41, 5.74) is 8.91. The largest absolute Gasteiger partial charge is 0.368 e. The van der Waals surface area contributed by atoms with Gasteiger partial charge in [0.05, 0.1) is 6.04 Å². The molecule has 0 radical (unpaired) electrons. The van der Waals surface area contributed by atoms with E-state index in [0.717, 1.165) is 27.5 Å². The number of fused-ring (bicyclic) bond motifs is 1. The average molecular weight is 345 g/mol. The van der Waals surface area contributed by atoms with Crippen molar-refractivity contribution in [2.24, 2.45) is 10.7 Å². The third kappa shape index (κ3) is 4.16. The molecule has 3 N–H and O–H groups in total. The molecule has 0 saturated carbocycles. The number of carbonyl (C=O) groups excluding carboxylic acids is 1. The van der Waals surface area contributed by atoms with Gasteiger partial charge < -0.3 is 11.1 Å². The molecule has 1 unspecified atom stereocenters. The van der Waals surface area contributed by atoms with Crippen LogP contribution in [-0.4, -0.2) is 25.2 Å². The highest BCUT2D eigenvalue weighted by atomic mass is 16.1. The van der Waals surface area contributed by atoms with Gasteiger partial charge in [0, 0.05) is 25.4 Å². The van der Waals surface area contributed by atoms with Gasteiger partial charge in [0.15, 0.2) is 0 Å². The number of amides is 1. The lowest BCUT2D eigenvalue weighted by Crippen LogP contribution is -2.42. The van der Waals surface area contributed by atoms with Crippen LogP contribution in [0, 0.1) is 0 Å². The average Bonchev–Trinajstić information content (AvgIpc) is 2.67. The van der Waals surface area contributed by atoms with Crippen molar-refractivity contribution in [2.75, 3.05) is 7.05 Å². The summed E-state index contributed by atoms with van der Waals surface area (Å²) in [5, 5.41) is 5.62. The highest BCUT2D eigenvalue weighted by Crippen LogP contribution is 2.22. The van der Waals surface area contributed by atoms with E-state index in [-0.39, 0.29) is 5.91 Å². The molecular formula is C22H23N3O. The van der Waals surface area contributed by atoms with Gasteiger partial charge in [-0.25, -0.2) is 0 Å². The quantitative estimate of drug-likeness (QED) is 0.646. The van der Waals surface area contributed by atoms with Crippen molar-refractivity contribution in [3.05, 3.63) is 83.4 Å². The first-order valence-corrected chi connectivity index (χ1v) is 8.68. The molecule has 3 aromatic rings. The summed E-state index contributed by atoms with van der Waals surface area (Å²) in [7, 11) is 1.77. The van der Waals surface area contributed by atoms with Crippen LogP contribution in [0.15, 0.2) is 71.7 Å². The van der Waals surface area contributed by atoms with E-state index >= 15 is 0 Å². The van der Waals surface area contributed by atoms with Gasteiger partial charge in [0.2, 0.25) is 5.91 Å². The summed E-state index contributed by atoms with van der Waals surface area (Å²) < 4.78 is 0. The second kappa shape index (κ2) is 8.41. The predicted molar refractivity (Wildman–Crippen MR) is 107 cm³/mol. The number of benzene rings is 3. The van der Waals surface area contributed by atoms with Gasteiger partial charge in [-0.3, -0.25) is 9.79 Å². The van der Waals surface area contributed by atoms with Crippen LogP contribution in [0.3, 0.4) is 0 Å². The molecule has 0 saturated heterocycles. The Bertz CT molecular complexity index is 919. The smallest absolute Gasteiger partial charge is 0.234 e. The number of nitrogens with two attached hydrogens (primary N) is 1. The number of carbonyl (C=O) groups is 1. The standard InChI is InChI=1S/C22H23N3O/c1-24-14-17-11-12-18(20-10-6-5-9-19(17)20)15-25-21(22(23)26)13-16-7-3-2-4-8-16/h2-12,14,21,25H,13,15H2,1H3,(H2,23,26)/b24-14+. The van der Waals surface area contributed by atoms with Crippen LogP contribution in [0.1, 0.15) is 16.7 Å². The fourth-order valence-electron chi connectivity index (χ4n) is 3.15. The number of aliphatic imine (C=N–C) groups is 1. The molecule has 1 atom stereocenters. The molecule has 0 aliphatic heterocycles. The molecule has 3 rings (SSSR count). The lowest BCUT2D eigenvalue weighted by atomic mass is 9.99. The normalized spacial score (nSPS) is 12.5. The SMILES string of the molecule is C/N=C/c1ccc(CNC(Cc2ccccc2)C(N)=O)c2ccccc12. The third-order valence-electron chi connectivity index (χ3n) is 4.48. The monoisotopic (exact) mass is 345 g/mol. The van der Waals surface area contributed by atoms with Gasteiger partial charge in [-0.05, 0) is 28.3 Å². The summed E-state index contributed by atoms with van der Waals surface area (Å²) in [4.78, 5) is 16.0. The van der Waals surface area contributed by atoms with E-state index in [1.54, 1.807) is 7.05 Å². The van der Waals surface area contributed by atoms with E-state index < -0.39 is 6.04 Å². The number of hydrogen-bond acceptors (Lipinski definition) is 3. The van der Waals surface area contributed by atoms with Crippen molar-refractivity contribution >= 4 is 22.9 Å². The topological polar surface area (TPSA) is 67.5 Å². The lowest BCUT2D eigenvalue weighted by Gasteiger charge is -2.17. The summed E-state index contributed by atoms with van der Waals surface area (Å²) >= 11 is 0. The van der Waals surface area contributed by atoms with Crippen LogP contribution in [0.2, 0.25) is 0 Å². The number of nitrogens with zero attached hydrogens (tertiary/aromatic N) is 1. The minimum atomic E-state index is -0.409. The maximum atomic E-state index is 11.9. The number of hydrogen-bond donors (Lipinski definition) is 2. The third-order valence-corrected chi connectivity index (χ3v) is 4.48. The highest BCUT2D eigenvalue weighted by Gasteiger charge is 2.16. The van der Waals surface area contributed by atoms with E-state index in [1.165, 1.54) is 0 Å². The van der Waals surface area contributed by atoms with Crippen LogP contribution >= 0.6 is 0 Å². The summed E-state index contributed by atoms with van der Waals surface area (Å²) in [6.07, 6.45) is 2.44. The molecule has 0 aliphatic rings. The predicted octanol–water partition coefficient (Wildman–Crippen LogP) is 3.07. The minimum Gasteiger partial charge on any atom is -0.368 e. The van der Waals surface area contributed by atoms with Crippen molar-refractivity contribution in [3.8, 4) is 0 Å². The Morgan fingerprint density at radius 2 is 1.73 bits per heavy atom. The second-order valence-corrected chi connectivity index (χ2v) is 6.27. The lowest BCUT2D eigenvalue weighted by molar-refractivity contribution is -0.120. The van der Waals surface area contributed by atoms with Crippen LogP contribution in [0.5, 0.6) is 0 Å². The zero-order valence-electron chi connectivity index (χ0n) is 14.9.